The zero-order valence-electron chi connectivity index (χ0n) is 13.7. The summed E-state index contributed by atoms with van der Waals surface area (Å²) in [6, 6.07) is 14.4. The molecule has 2 N–H and O–H groups in total. The SMILES string of the molecule is O=C(NCc1ccc(F)cc1)[C@H]1CCCN1C(=O)Nc1ccccc1. The molecule has 3 amide bonds. The summed E-state index contributed by atoms with van der Waals surface area (Å²) in [6.07, 6.45) is 1.42. The molecule has 0 aliphatic carbocycles. The van der Waals surface area contributed by atoms with Gasteiger partial charge in [0.2, 0.25) is 5.91 Å². The smallest absolute Gasteiger partial charge is 0.322 e. The van der Waals surface area contributed by atoms with Gasteiger partial charge >= 0.3 is 6.03 Å². The van der Waals surface area contributed by atoms with Crippen LogP contribution in [0.2, 0.25) is 0 Å². The average Bonchev–Trinajstić information content (AvgIpc) is 3.12. The Morgan fingerprint density at radius 2 is 1.80 bits per heavy atom. The van der Waals surface area contributed by atoms with E-state index >= 15 is 0 Å². The Kier molecular flexibility index (Phi) is 5.28. The first-order valence-electron chi connectivity index (χ1n) is 8.28. The quantitative estimate of drug-likeness (QED) is 0.897. The zero-order chi connectivity index (χ0) is 17.6. The lowest BCUT2D eigenvalue weighted by atomic mass is 10.2. The molecule has 1 atom stereocenters. The van der Waals surface area contributed by atoms with E-state index in [-0.39, 0.29) is 17.8 Å². The molecule has 6 heteroatoms. The number of urea groups is 1. The minimum Gasteiger partial charge on any atom is -0.350 e. The number of amides is 3. The molecule has 1 saturated heterocycles. The van der Waals surface area contributed by atoms with Crippen molar-refractivity contribution in [2.45, 2.75) is 25.4 Å². The number of nitrogens with one attached hydrogen (secondary N) is 2. The van der Waals surface area contributed by atoms with Crippen LogP contribution >= 0.6 is 0 Å². The first-order valence-corrected chi connectivity index (χ1v) is 8.28. The van der Waals surface area contributed by atoms with Crippen molar-refractivity contribution in [3.05, 3.63) is 66.0 Å². The predicted octanol–water partition coefficient (Wildman–Crippen LogP) is 3.14. The molecule has 5 nitrogen and oxygen atoms in total. The number of carbonyl (C=O) groups is 2. The Morgan fingerprint density at radius 1 is 1.08 bits per heavy atom. The second kappa shape index (κ2) is 7.79. The van der Waals surface area contributed by atoms with Gasteiger partial charge in [0.05, 0.1) is 0 Å². The van der Waals surface area contributed by atoms with E-state index in [2.05, 4.69) is 10.6 Å². The van der Waals surface area contributed by atoms with Crippen LogP contribution in [-0.4, -0.2) is 29.4 Å². The summed E-state index contributed by atoms with van der Waals surface area (Å²) in [5.74, 6) is -0.500. The molecule has 1 aliphatic heterocycles. The maximum Gasteiger partial charge on any atom is 0.322 e. The summed E-state index contributed by atoms with van der Waals surface area (Å²) >= 11 is 0. The van der Waals surface area contributed by atoms with Crippen LogP contribution < -0.4 is 10.6 Å². The van der Waals surface area contributed by atoms with E-state index in [9.17, 15) is 14.0 Å². The van der Waals surface area contributed by atoms with Crippen LogP contribution in [0, 0.1) is 5.82 Å². The van der Waals surface area contributed by atoms with E-state index in [0.717, 1.165) is 12.0 Å². The van der Waals surface area contributed by atoms with E-state index in [1.54, 1.807) is 29.2 Å². The normalized spacial score (nSPS) is 16.5. The Bertz CT molecular complexity index is 734. The Hall–Kier alpha value is -2.89. The van der Waals surface area contributed by atoms with Gasteiger partial charge in [0.1, 0.15) is 11.9 Å². The molecule has 3 rings (SSSR count). The molecule has 1 fully saturated rings. The molecule has 1 heterocycles. The van der Waals surface area contributed by atoms with Crippen LogP contribution in [0.5, 0.6) is 0 Å². The fourth-order valence-corrected chi connectivity index (χ4v) is 2.91. The molecule has 0 radical (unpaired) electrons. The Labute approximate surface area is 145 Å². The van der Waals surface area contributed by atoms with Gasteiger partial charge in [0.25, 0.3) is 0 Å². The van der Waals surface area contributed by atoms with Crippen molar-refractivity contribution >= 4 is 17.6 Å². The topological polar surface area (TPSA) is 61.4 Å². The van der Waals surface area contributed by atoms with Crippen molar-refractivity contribution in [1.29, 1.82) is 0 Å². The number of hydrogen-bond donors (Lipinski definition) is 2. The number of benzene rings is 2. The number of nitrogens with zero attached hydrogens (tertiary/aromatic N) is 1. The van der Waals surface area contributed by atoms with Crippen molar-refractivity contribution in [3.8, 4) is 0 Å². The van der Waals surface area contributed by atoms with Gasteiger partial charge < -0.3 is 15.5 Å². The maximum atomic E-state index is 12.9. The van der Waals surface area contributed by atoms with Gasteiger partial charge in [-0.25, -0.2) is 9.18 Å². The third-order valence-corrected chi connectivity index (χ3v) is 4.22. The van der Waals surface area contributed by atoms with Crippen LogP contribution in [0.4, 0.5) is 14.9 Å². The number of hydrogen-bond acceptors (Lipinski definition) is 2. The van der Waals surface area contributed by atoms with Crippen molar-refractivity contribution in [3.63, 3.8) is 0 Å². The summed E-state index contributed by atoms with van der Waals surface area (Å²) in [5.41, 5.74) is 1.51. The largest absolute Gasteiger partial charge is 0.350 e. The highest BCUT2D eigenvalue weighted by molar-refractivity contribution is 5.94. The third-order valence-electron chi connectivity index (χ3n) is 4.22. The molecular formula is C19H20FN3O2. The minimum absolute atomic E-state index is 0.190. The summed E-state index contributed by atoms with van der Waals surface area (Å²) in [4.78, 5) is 26.4. The zero-order valence-corrected chi connectivity index (χ0v) is 13.7. The Morgan fingerprint density at radius 3 is 2.52 bits per heavy atom. The van der Waals surface area contributed by atoms with Gasteiger partial charge in [0, 0.05) is 18.8 Å². The predicted molar refractivity (Wildman–Crippen MR) is 93.4 cm³/mol. The standard InChI is InChI=1S/C19H20FN3O2/c20-15-10-8-14(9-11-15)13-21-18(24)17-7-4-12-23(17)19(25)22-16-5-2-1-3-6-16/h1-3,5-6,8-11,17H,4,7,12-13H2,(H,21,24)(H,22,25)/t17-/m1/s1. The molecule has 0 unspecified atom stereocenters. The molecule has 1 aliphatic rings. The van der Waals surface area contributed by atoms with Crippen LogP contribution in [0.25, 0.3) is 0 Å². The van der Waals surface area contributed by atoms with Gasteiger partial charge in [-0.05, 0) is 42.7 Å². The summed E-state index contributed by atoms with van der Waals surface area (Å²) in [6.45, 7) is 0.858. The molecule has 25 heavy (non-hydrogen) atoms. The van der Waals surface area contributed by atoms with Crippen molar-refractivity contribution in [2.75, 3.05) is 11.9 Å². The van der Waals surface area contributed by atoms with Crippen LogP contribution in [0.1, 0.15) is 18.4 Å². The van der Waals surface area contributed by atoms with Gasteiger partial charge in [0.15, 0.2) is 0 Å². The fraction of sp³-hybridized carbons (Fsp3) is 0.263. The van der Waals surface area contributed by atoms with Crippen molar-refractivity contribution < 1.29 is 14.0 Å². The molecule has 2 aromatic rings. The highest BCUT2D eigenvalue weighted by Crippen LogP contribution is 2.19. The molecule has 130 valence electrons. The highest BCUT2D eigenvalue weighted by Gasteiger charge is 2.33. The van der Waals surface area contributed by atoms with Crippen molar-refractivity contribution in [2.24, 2.45) is 0 Å². The van der Waals surface area contributed by atoms with E-state index in [4.69, 9.17) is 0 Å². The van der Waals surface area contributed by atoms with Crippen molar-refractivity contribution in [1.82, 2.24) is 10.2 Å². The van der Waals surface area contributed by atoms with Crippen LogP contribution in [-0.2, 0) is 11.3 Å². The number of halogens is 1. The summed E-state index contributed by atoms with van der Waals surface area (Å²) in [5, 5.41) is 5.64. The number of anilines is 1. The van der Waals surface area contributed by atoms with E-state index in [1.807, 2.05) is 18.2 Å². The fourth-order valence-electron chi connectivity index (χ4n) is 2.91. The number of para-hydroxylation sites is 1. The molecule has 0 saturated carbocycles. The molecule has 2 aromatic carbocycles. The molecular weight excluding hydrogens is 321 g/mol. The maximum absolute atomic E-state index is 12.9. The Balaban J connectivity index is 1.57. The van der Waals surface area contributed by atoms with Gasteiger partial charge in [-0.1, -0.05) is 30.3 Å². The minimum atomic E-state index is -0.482. The lowest BCUT2D eigenvalue weighted by Crippen LogP contribution is -2.47. The van der Waals surface area contributed by atoms with E-state index in [1.165, 1.54) is 12.1 Å². The third kappa shape index (κ3) is 4.35. The second-order valence-corrected chi connectivity index (χ2v) is 5.99. The monoisotopic (exact) mass is 341 g/mol. The van der Waals surface area contributed by atoms with E-state index < -0.39 is 6.04 Å². The summed E-state index contributed by atoms with van der Waals surface area (Å²) < 4.78 is 12.9. The van der Waals surface area contributed by atoms with Gasteiger partial charge in [-0.3, -0.25) is 4.79 Å². The van der Waals surface area contributed by atoms with E-state index in [0.29, 0.717) is 25.2 Å². The number of rotatable bonds is 4. The summed E-state index contributed by atoms with van der Waals surface area (Å²) in [7, 11) is 0. The van der Waals surface area contributed by atoms with Crippen LogP contribution in [0.15, 0.2) is 54.6 Å². The number of likely N-dealkylation sites (tertiary alicyclic amines) is 1. The average molecular weight is 341 g/mol. The molecule has 0 bridgehead atoms. The second-order valence-electron chi connectivity index (χ2n) is 5.99. The first kappa shape index (κ1) is 17.0. The molecule has 0 aromatic heterocycles. The van der Waals surface area contributed by atoms with Gasteiger partial charge in [-0.15, -0.1) is 0 Å². The van der Waals surface area contributed by atoms with Gasteiger partial charge in [-0.2, -0.15) is 0 Å². The van der Waals surface area contributed by atoms with Crippen LogP contribution in [0.3, 0.4) is 0 Å². The lowest BCUT2D eigenvalue weighted by molar-refractivity contribution is -0.124. The number of carbonyl (C=O) groups excluding carboxylic acids is 2. The lowest BCUT2D eigenvalue weighted by Gasteiger charge is -2.24. The highest BCUT2D eigenvalue weighted by atomic mass is 19.1. The first-order chi connectivity index (χ1) is 12.1. The molecule has 0 spiro atoms.